The van der Waals surface area contributed by atoms with Gasteiger partial charge in [0.05, 0.1) is 11.7 Å². The quantitative estimate of drug-likeness (QED) is 0.801. The van der Waals surface area contributed by atoms with Crippen molar-refractivity contribution in [2.75, 3.05) is 0 Å². The average molecular weight is 231 g/mol. The van der Waals surface area contributed by atoms with Crippen LogP contribution in [0.2, 0.25) is 0 Å². The number of ether oxygens (including phenoxy) is 2. The number of nitrogens with zero attached hydrogens (tertiary/aromatic N) is 1. The Hall–Kier alpha value is -1.69. The SMILES string of the molecule is CC(C)(C)Oc1ccc(OC2CC2)c(C#N)c1. The van der Waals surface area contributed by atoms with Crippen LogP contribution in [0.1, 0.15) is 39.2 Å². The standard InChI is InChI=1S/C14H17NO2/c1-14(2,3)17-12-6-7-13(10(8-12)9-15)16-11-4-5-11/h6-8,11H,4-5H2,1-3H3. The Balaban J connectivity index is 2.18. The van der Waals surface area contributed by atoms with Gasteiger partial charge in [-0.15, -0.1) is 0 Å². The lowest BCUT2D eigenvalue weighted by molar-refractivity contribution is 0.130. The molecule has 1 aromatic rings. The second kappa shape index (κ2) is 4.29. The highest BCUT2D eigenvalue weighted by molar-refractivity contribution is 5.48. The van der Waals surface area contributed by atoms with Crippen LogP contribution in [0.15, 0.2) is 18.2 Å². The lowest BCUT2D eigenvalue weighted by Gasteiger charge is -2.21. The Bertz CT molecular complexity index is 450. The predicted octanol–water partition coefficient (Wildman–Crippen LogP) is 3.28. The molecule has 17 heavy (non-hydrogen) atoms. The first-order valence-electron chi connectivity index (χ1n) is 5.88. The van der Waals surface area contributed by atoms with Crippen molar-refractivity contribution in [2.24, 2.45) is 0 Å². The van der Waals surface area contributed by atoms with Crippen molar-refractivity contribution in [3.05, 3.63) is 23.8 Å². The number of hydrogen-bond donors (Lipinski definition) is 0. The molecule has 1 saturated carbocycles. The molecule has 1 aliphatic carbocycles. The molecule has 0 bridgehead atoms. The fourth-order valence-corrected chi connectivity index (χ4v) is 1.48. The van der Waals surface area contributed by atoms with Crippen molar-refractivity contribution in [3.63, 3.8) is 0 Å². The van der Waals surface area contributed by atoms with Crippen molar-refractivity contribution in [2.45, 2.75) is 45.3 Å². The monoisotopic (exact) mass is 231 g/mol. The average Bonchev–Trinajstić information content (AvgIpc) is 3.02. The number of rotatable bonds is 3. The van der Waals surface area contributed by atoms with Gasteiger partial charge in [0.2, 0.25) is 0 Å². The fourth-order valence-electron chi connectivity index (χ4n) is 1.48. The molecule has 0 aromatic heterocycles. The summed E-state index contributed by atoms with van der Waals surface area (Å²) in [4.78, 5) is 0. The number of hydrogen-bond acceptors (Lipinski definition) is 3. The Morgan fingerprint density at radius 1 is 1.29 bits per heavy atom. The first kappa shape index (κ1) is 11.8. The van der Waals surface area contributed by atoms with Gasteiger partial charge in [-0.25, -0.2) is 0 Å². The van der Waals surface area contributed by atoms with E-state index in [0.29, 0.717) is 23.2 Å². The molecular formula is C14H17NO2. The van der Waals surface area contributed by atoms with E-state index in [-0.39, 0.29) is 5.60 Å². The Morgan fingerprint density at radius 2 is 2.00 bits per heavy atom. The van der Waals surface area contributed by atoms with E-state index in [1.165, 1.54) is 0 Å². The Labute approximate surface area is 102 Å². The molecule has 0 unspecified atom stereocenters. The van der Waals surface area contributed by atoms with Gasteiger partial charge in [0, 0.05) is 6.07 Å². The molecule has 3 nitrogen and oxygen atoms in total. The topological polar surface area (TPSA) is 42.2 Å². The third-order valence-electron chi connectivity index (χ3n) is 2.31. The lowest BCUT2D eigenvalue weighted by atomic mass is 10.1. The summed E-state index contributed by atoms with van der Waals surface area (Å²) in [6.45, 7) is 5.94. The second-order valence-electron chi connectivity index (χ2n) is 5.30. The first-order chi connectivity index (χ1) is 7.98. The molecule has 90 valence electrons. The highest BCUT2D eigenvalue weighted by Crippen LogP contribution is 2.31. The van der Waals surface area contributed by atoms with Crippen molar-refractivity contribution in [1.82, 2.24) is 0 Å². The molecule has 3 heteroatoms. The van der Waals surface area contributed by atoms with Gasteiger partial charge in [-0.2, -0.15) is 5.26 Å². The molecule has 0 radical (unpaired) electrons. The van der Waals surface area contributed by atoms with Crippen molar-refractivity contribution < 1.29 is 9.47 Å². The molecule has 0 saturated heterocycles. The molecule has 0 atom stereocenters. The molecule has 0 aliphatic heterocycles. The Kier molecular flexibility index (Phi) is 2.97. The van der Waals surface area contributed by atoms with E-state index >= 15 is 0 Å². The summed E-state index contributed by atoms with van der Waals surface area (Å²) in [6, 6.07) is 7.56. The van der Waals surface area contributed by atoms with Gasteiger partial charge in [-0.05, 0) is 45.7 Å². The van der Waals surface area contributed by atoms with Crippen LogP contribution in [-0.2, 0) is 0 Å². The maximum atomic E-state index is 9.09. The third-order valence-corrected chi connectivity index (χ3v) is 2.31. The highest BCUT2D eigenvalue weighted by atomic mass is 16.5. The molecule has 0 spiro atoms. The van der Waals surface area contributed by atoms with E-state index in [2.05, 4.69) is 6.07 Å². The largest absolute Gasteiger partial charge is 0.489 e. The fraction of sp³-hybridized carbons (Fsp3) is 0.500. The van der Waals surface area contributed by atoms with Crippen molar-refractivity contribution in [1.29, 1.82) is 5.26 Å². The van der Waals surface area contributed by atoms with Gasteiger partial charge in [0.25, 0.3) is 0 Å². The zero-order valence-corrected chi connectivity index (χ0v) is 10.5. The van der Waals surface area contributed by atoms with Crippen LogP contribution in [-0.4, -0.2) is 11.7 Å². The molecule has 2 rings (SSSR count). The van der Waals surface area contributed by atoms with Crippen LogP contribution >= 0.6 is 0 Å². The van der Waals surface area contributed by atoms with E-state index < -0.39 is 0 Å². The maximum absolute atomic E-state index is 9.09. The molecule has 1 aliphatic rings. The minimum absolute atomic E-state index is 0.258. The van der Waals surface area contributed by atoms with E-state index in [0.717, 1.165) is 12.8 Å². The van der Waals surface area contributed by atoms with Crippen LogP contribution in [0.25, 0.3) is 0 Å². The van der Waals surface area contributed by atoms with E-state index in [4.69, 9.17) is 14.7 Å². The maximum Gasteiger partial charge on any atom is 0.137 e. The zero-order chi connectivity index (χ0) is 12.5. The van der Waals surface area contributed by atoms with Crippen LogP contribution in [0.5, 0.6) is 11.5 Å². The smallest absolute Gasteiger partial charge is 0.137 e. The summed E-state index contributed by atoms with van der Waals surface area (Å²) in [5.41, 5.74) is 0.282. The van der Waals surface area contributed by atoms with Crippen molar-refractivity contribution in [3.8, 4) is 17.6 Å². The summed E-state index contributed by atoms with van der Waals surface area (Å²) in [6.07, 6.45) is 2.48. The van der Waals surface area contributed by atoms with E-state index in [1.54, 1.807) is 6.07 Å². The summed E-state index contributed by atoms with van der Waals surface area (Å²) in [5, 5.41) is 9.09. The van der Waals surface area contributed by atoms with Crippen LogP contribution in [0.3, 0.4) is 0 Å². The number of benzene rings is 1. The van der Waals surface area contributed by atoms with Gasteiger partial charge in [-0.1, -0.05) is 0 Å². The predicted molar refractivity (Wildman–Crippen MR) is 65.2 cm³/mol. The summed E-state index contributed by atoms with van der Waals surface area (Å²) < 4.78 is 11.4. The highest BCUT2D eigenvalue weighted by Gasteiger charge is 2.24. The molecule has 1 aromatic carbocycles. The second-order valence-corrected chi connectivity index (χ2v) is 5.30. The third kappa shape index (κ3) is 3.39. The molecule has 0 heterocycles. The van der Waals surface area contributed by atoms with Crippen LogP contribution in [0, 0.1) is 11.3 Å². The van der Waals surface area contributed by atoms with Gasteiger partial charge >= 0.3 is 0 Å². The van der Waals surface area contributed by atoms with Gasteiger partial charge in [0.1, 0.15) is 23.2 Å². The molecule has 0 amide bonds. The summed E-state index contributed by atoms with van der Waals surface area (Å²) >= 11 is 0. The molecule has 1 fully saturated rings. The molecule has 0 N–H and O–H groups in total. The Morgan fingerprint density at radius 3 is 2.53 bits per heavy atom. The van der Waals surface area contributed by atoms with E-state index in [9.17, 15) is 0 Å². The lowest BCUT2D eigenvalue weighted by Crippen LogP contribution is -2.22. The normalized spacial score (nSPS) is 15.2. The summed E-state index contributed by atoms with van der Waals surface area (Å²) in [5.74, 6) is 1.37. The molecular weight excluding hydrogens is 214 g/mol. The zero-order valence-electron chi connectivity index (χ0n) is 10.5. The van der Waals surface area contributed by atoms with Gasteiger partial charge < -0.3 is 9.47 Å². The number of nitriles is 1. The van der Waals surface area contributed by atoms with Crippen molar-refractivity contribution >= 4 is 0 Å². The van der Waals surface area contributed by atoms with Gasteiger partial charge in [0.15, 0.2) is 0 Å². The van der Waals surface area contributed by atoms with Gasteiger partial charge in [-0.3, -0.25) is 0 Å². The first-order valence-corrected chi connectivity index (χ1v) is 5.88. The van der Waals surface area contributed by atoms with Crippen LogP contribution < -0.4 is 9.47 Å². The van der Waals surface area contributed by atoms with Crippen LogP contribution in [0.4, 0.5) is 0 Å². The minimum Gasteiger partial charge on any atom is -0.489 e. The minimum atomic E-state index is -0.258. The van der Waals surface area contributed by atoms with E-state index in [1.807, 2.05) is 32.9 Å². The summed E-state index contributed by atoms with van der Waals surface area (Å²) in [7, 11) is 0.